The van der Waals surface area contributed by atoms with E-state index in [1.165, 1.54) is 0 Å². The summed E-state index contributed by atoms with van der Waals surface area (Å²) < 4.78 is 5.26. The Kier molecular flexibility index (Phi) is 5.55. The van der Waals surface area contributed by atoms with Gasteiger partial charge in [-0.3, -0.25) is 0 Å². The van der Waals surface area contributed by atoms with Gasteiger partial charge in [0.05, 0.1) is 19.8 Å². The maximum atomic E-state index is 9.04. The largest absolute Gasteiger partial charge is 0.496 e. The molecule has 0 aliphatic heterocycles. The molecule has 1 aromatic carbocycles. The third-order valence-corrected chi connectivity index (χ3v) is 2.44. The predicted octanol–water partition coefficient (Wildman–Crippen LogP) is 1.84. The second-order valence-electron chi connectivity index (χ2n) is 3.80. The highest BCUT2D eigenvalue weighted by Gasteiger charge is 2.10. The van der Waals surface area contributed by atoms with Gasteiger partial charge in [0.15, 0.2) is 0 Å². The number of rotatable bonds is 4. The molecule has 0 aromatic heterocycles. The van der Waals surface area contributed by atoms with Crippen LogP contribution in [0.3, 0.4) is 0 Å². The molecule has 1 atom stereocenters. The monoisotopic (exact) mass is 233 g/mol. The van der Waals surface area contributed by atoms with Crippen LogP contribution in [0, 0.1) is 11.8 Å². The fourth-order valence-electron chi connectivity index (χ4n) is 1.48. The Morgan fingerprint density at radius 3 is 2.82 bits per heavy atom. The van der Waals surface area contributed by atoms with Gasteiger partial charge in [0.2, 0.25) is 0 Å². The van der Waals surface area contributed by atoms with E-state index >= 15 is 0 Å². The zero-order valence-corrected chi connectivity index (χ0v) is 10.4. The Hall–Kier alpha value is -1.50. The van der Waals surface area contributed by atoms with Crippen molar-refractivity contribution in [2.75, 3.05) is 13.7 Å². The summed E-state index contributed by atoms with van der Waals surface area (Å²) in [5.74, 6) is 6.83. The molecule has 0 heterocycles. The molecule has 1 rings (SSSR count). The fraction of sp³-hybridized carbons (Fsp3) is 0.429. The number of nitrogens with two attached hydrogens (primary N) is 1. The first-order valence-corrected chi connectivity index (χ1v) is 5.76. The van der Waals surface area contributed by atoms with Gasteiger partial charge in [-0.1, -0.05) is 24.8 Å². The third-order valence-electron chi connectivity index (χ3n) is 2.44. The average molecular weight is 233 g/mol. The molecule has 0 aliphatic carbocycles. The molecule has 3 N–H and O–H groups in total. The third kappa shape index (κ3) is 3.77. The summed E-state index contributed by atoms with van der Waals surface area (Å²) in [7, 11) is 1.59. The molecule has 0 saturated carbocycles. The Labute approximate surface area is 103 Å². The van der Waals surface area contributed by atoms with E-state index in [1.54, 1.807) is 7.11 Å². The molecule has 92 valence electrons. The highest BCUT2D eigenvalue weighted by molar-refractivity contribution is 5.45. The number of benzene rings is 1. The van der Waals surface area contributed by atoms with Gasteiger partial charge < -0.3 is 15.6 Å². The molecule has 0 radical (unpaired) electrons. The summed E-state index contributed by atoms with van der Waals surface area (Å²) in [6.07, 6.45) is 1.94. The van der Waals surface area contributed by atoms with Gasteiger partial charge in [-0.05, 0) is 18.6 Å². The number of hydrogen-bond donors (Lipinski definition) is 2. The first-order valence-electron chi connectivity index (χ1n) is 5.76. The van der Waals surface area contributed by atoms with Crippen molar-refractivity contribution in [2.45, 2.75) is 25.8 Å². The van der Waals surface area contributed by atoms with Crippen molar-refractivity contribution < 1.29 is 9.84 Å². The maximum absolute atomic E-state index is 9.04. The molecule has 0 fully saturated rings. The fourth-order valence-corrected chi connectivity index (χ4v) is 1.48. The van der Waals surface area contributed by atoms with Gasteiger partial charge in [0.25, 0.3) is 0 Å². The van der Waals surface area contributed by atoms with Crippen molar-refractivity contribution in [3.63, 3.8) is 0 Å². The molecule has 0 saturated heterocycles. The first kappa shape index (κ1) is 13.6. The molecular formula is C14H19NO2. The lowest BCUT2D eigenvalue weighted by atomic mass is 10.0. The van der Waals surface area contributed by atoms with Crippen LogP contribution in [0.15, 0.2) is 18.2 Å². The number of aliphatic hydroxyl groups is 1. The summed E-state index contributed by atoms with van der Waals surface area (Å²) in [6, 6.07) is 5.20. The van der Waals surface area contributed by atoms with Crippen LogP contribution in [0.5, 0.6) is 5.75 Å². The summed E-state index contributed by atoms with van der Waals surface area (Å²) in [5.41, 5.74) is 7.48. The Balaban J connectivity index is 2.97. The second kappa shape index (κ2) is 6.95. The Morgan fingerprint density at radius 1 is 1.47 bits per heavy atom. The molecule has 1 aromatic rings. The van der Waals surface area contributed by atoms with Crippen LogP contribution in [0.1, 0.15) is 36.9 Å². The van der Waals surface area contributed by atoms with Gasteiger partial charge in [0.1, 0.15) is 5.75 Å². The van der Waals surface area contributed by atoms with Crippen molar-refractivity contribution in [3.05, 3.63) is 29.3 Å². The van der Waals surface area contributed by atoms with Crippen LogP contribution in [0.2, 0.25) is 0 Å². The maximum Gasteiger partial charge on any atom is 0.124 e. The molecule has 3 heteroatoms. The smallest absolute Gasteiger partial charge is 0.124 e. The zero-order chi connectivity index (χ0) is 12.7. The van der Waals surface area contributed by atoms with Crippen LogP contribution in [-0.4, -0.2) is 18.8 Å². The van der Waals surface area contributed by atoms with Crippen molar-refractivity contribution in [1.29, 1.82) is 0 Å². The van der Waals surface area contributed by atoms with Crippen LogP contribution in [0.25, 0.3) is 0 Å². The summed E-state index contributed by atoms with van der Waals surface area (Å²) in [6.45, 7) is 2.00. The normalized spacial score (nSPS) is 11.5. The van der Waals surface area contributed by atoms with E-state index in [1.807, 2.05) is 18.2 Å². The SMILES string of the molecule is CCCC#Cc1ccc([C@@H](N)CO)c(OC)c1. The van der Waals surface area contributed by atoms with Gasteiger partial charge in [-0.2, -0.15) is 0 Å². The number of hydrogen-bond acceptors (Lipinski definition) is 3. The van der Waals surface area contributed by atoms with Crippen molar-refractivity contribution in [3.8, 4) is 17.6 Å². The number of ether oxygens (including phenoxy) is 1. The van der Waals surface area contributed by atoms with Crippen LogP contribution in [0.4, 0.5) is 0 Å². The Morgan fingerprint density at radius 2 is 2.24 bits per heavy atom. The number of aliphatic hydroxyl groups excluding tert-OH is 1. The molecule has 0 bridgehead atoms. The number of methoxy groups -OCH3 is 1. The minimum atomic E-state index is -0.414. The van der Waals surface area contributed by atoms with Gasteiger partial charge >= 0.3 is 0 Å². The van der Waals surface area contributed by atoms with E-state index in [0.29, 0.717) is 5.75 Å². The van der Waals surface area contributed by atoms with E-state index in [0.717, 1.165) is 24.0 Å². The molecule has 17 heavy (non-hydrogen) atoms. The van der Waals surface area contributed by atoms with Crippen LogP contribution in [-0.2, 0) is 0 Å². The molecular weight excluding hydrogens is 214 g/mol. The molecule has 0 aliphatic rings. The molecule has 0 unspecified atom stereocenters. The van der Waals surface area contributed by atoms with Crippen molar-refractivity contribution >= 4 is 0 Å². The molecule has 3 nitrogen and oxygen atoms in total. The molecule has 0 spiro atoms. The zero-order valence-electron chi connectivity index (χ0n) is 10.4. The lowest BCUT2D eigenvalue weighted by Gasteiger charge is -2.13. The molecule has 0 amide bonds. The number of unbranched alkanes of at least 4 members (excludes halogenated alkanes) is 1. The Bertz CT molecular complexity index is 418. The first-order chi connectivity index (χ1) is 8.22. The minimum Gasteiger partial charge on any atom is -0.496 e. The summed E-state index contributed by atoms with van der Waals surface area (Å²) in [4.78, 5) is 0. The minimum absolute atomic E-state index is 0.1000. The highest BCUT2D eigenvalue weighted by Crippen LogP contribution is 2.24. The van der Waals surface area contributed by atoms with Gasteiger partial charge in [-0.15, -0.1) is 0 Å². The van der Waals surface area contributed by atoms with Gasteiger partial charge in [-0.25, -0.2) is 0 Å². The van der Waals surface area contributed by atoms with E-state index in [-0.39, 0.29) is 6.61 Å². The van der Waals surface area contributed by atoms with E-state index in [4.69, 9.17) is 15.6 Å². The van der Waals surface area contributed by atoms with Crippen LogP contribution < -0.4 is 10.5 Å². The lowest BCUT2D eigenvalue weighted by molar-refractivity contribution is 0.264. The predicted molar refractivity (Wildman–Crippen MR) is 68.8 cm³/mol. The van der Waals surface area contributed by atoms with E-state index in [2.05, 4.69) is 18.8 Å². The van der Waals surface area contributed by atoms with Crippen molar-refractivity contribution in [2.24, 2.45) is 5.73 Å². The average Bonchev–Trinajstić information content (AvgIpc) is 2.38. The van der Waals surface area contributed by atoms with E-state index in [9.17, 15) is 0 Å². The van der Waals surface area contributed by atoms with Crippen LogP contribution >= 0.6 is 0 Å². The van der Waals surface area contributed by atoms with Gasteiger partial charge in [0, 0.05) is 17.5 Å². The van der Waals surface area contributed by atoms with E-state index < -0.39 is 6.04 Å². The standard InChI is InChI=1S/C14H19NO2/c1-3-4-5-6-11-7-8-12(13(15)10-16)14(9-11)17-2/h7-9,13,16H,3-4,10,15H2,1-2H3/t13-/m0/s1. The lowest BCUT2D eigenvalue weighted by Crippen LogP contribution is -2.15. The summed E-state index contributed by atoms with van der Waals surface area (Å²) in [5, 5.41) is 9.04. The summed E-state index contributed by atoms with van der Waals surface area (Å²) >= 11 is 0. The highest BCUT2D eigenvalue weighted by atomic mass is 16.5. The topological polar surface area (TPSA) is 55.5 Å². The quantitative estimate of drug-likeness (QED) is 0.780. The second-order valence-corrected chi connectivity index (χ2v) is 3.80. The van der Waals surface area contributed by atoms with Crippen molar-refractivity contribution in [1.82, 2.24) is 0 Å².